The zero-order valence-corrected chi connectivity index (χ0v) is 17.6. The normalized spacial score (nSPS) is 10.8. The van der Waals surface area contributed by atoms with E-state index in [1.165, 1.54) is 30.6 Å². The molecule has 0 atom stereocenters. The van der Waals surface area contributed by atoms with E-state index in [1.807, 2.05) is 18.4 Å². The van der Waals surface area contributed by atoms with E-state index in [0.717, 1.165) is 26.9 Å². The summed E-state index contributed by atoms with van der Waals surface area (Å²) in [6.07, 6.45) is 0. The molecule has 2 aromatic heterocycles. The number of carbonyl (C=O) groups excluding carboxylic acids is 1. The number of esters is 1. The number of aromatic nitrogens is 2. The highest BCUT2D eigenvalue weighted by molar-refractivity contribution is 7.17. The third kappa shape index (κ3) is 4.22. The summed E-state index contributed by atoms with van der Waals surface area (Å²) in [6, 6.07) is 13.4. The molecule has 4 rings (SSSR count). The van der Waals surface area contributed by atoms with Crippen molar-refractivity contribution in [3.63, 3.8) is 0 Å². The summed E-state index contributed by atoms with van der Waals surface area (Å²) in [5.74, 6) is 0.769. The molecule has 156 valence electrons. The highest BCUT2D eigenvalue weighted by Gasteiger charge is 2.14. The number of thiophene rings is 1. The first kappa shape index (κ1) is 20.4. The lowest BCUT2D eigenvalue weighted by atomic mass is 10.1. The first-order chi connectivity index (χ1) is 15.0. The molecular weight excluding hydrogens is 416 g/mol. The summed E-state index contributed by atoms with van der Waals surface area (Å²) in [5.41, 5.74) is 3.08. The maximum Gasteiger partial charge on any atom is 0.337 e. The molecule has 0 aliphatic heterocycles. The van der Waals surface area contributed by atoms with Crippen LogP contribution >= 0.6 is 11.3 Å². The molecule has 0 saturated heterocycles. The fourth-order valence-corrected chi connectivity index (χ4v) is 4.10. The predicted molar refractivity (Wildman–Crippen MR) is 119 cm³/mol. The Kier molecular flexibility index (Phi) is 5.59. The van der Waals surface area contributed by atoms with Crippen LogP contribution in [0.25, 0.3) is 21.6 Å². The number of ether oxygens (including phenoxy) is 1. The molecule has 0 radical (unpaired) electrons. The van der Waals surface area contributed by atoms with E-state index >= 15 is 0 Å². The minimum absolute atomic E-state index is 0.0465. The first-order valence-corrected chi connectivity index (χ1v) is 10.3. The van der Waals surface area contributed by atoms with Crippen molar-refractivity contribution < 1.29 is 14.5 Å². The highest BCUT2D eigenvalue weighted by atomic mass is 32.1. The van der Waals surface area contributed by atoms with Gasteiger partial charge in [-0.2, -0.15) is 0 Å². The van der Waals surface area contributed by atoms with Crippen molar-refractivity contribution in [1.82, 2.24) is 9.97 Å². The van der Waals surface area contributed by atoms with Crippen LogP contribution in [0.1, 0.15) is 21.5 Å². The summed E-state index contributed by atoms with van der Waals surface area (Å²) in [4.78, 5) is 32.5. The minimum Gasteiger partial charge on any atom is -0.465 e. The molecule has 0 saturated carbocycles. The van der Waals surface area contributed by atoms with E-state index in [1.54, 1.807) is 30.3 Å². The van der Waals surface area contributed by atoms with Crippen molar-refractivity contribution in [2.24, 2.45) is 0 Å². The molecule has 1 N–H and O–H groups in total. The Hall–Kier alpha value is -3.85. The molecule has 0 unspecified atom stereocenters. The number of carbonyl (C=O) groups is 1. The SMILES string of the molecule is COC(=O)c1ccc(-c2nc(NCc3cccc([N+](=O)[O-])c3)c3c(C)csc3n2)cc1. The minimum atomic E-state index is -0.411. The summed E-state index contributed by atoms with van der Waals surface area (Å²) in [5, 5.41) is 17.3. The van der Waals surface area contributed by atoms with E-state index < -0.39 is 10.9 Å². The number of benzene rings is 2. The number of non-ortho nitro benzene ring substituents is 1. The van der Waals surface area contributed by atoms with E-state index in [0.29, 0.717) is 23.8 Å². The van der Waals surface area contributed by atoms with E-state index in [2.05, 4.69) is 10.3 Å². The van der Waals surface area contributed by atoms with Gasteiger partial charge in [-0.15, -0.1) is 11.3 Å². The lowest BCUT2D eigenvalue weighted by Crippen LogP contribution is -2.05. The van der Waals surface area contributed by atoms with Gasteiger partial charge in [-0.05, 0) is 35.6 Å². The van der Waals surface area contributed by atoms with Gasteiger partial charge in [-0.1, -0.05) is 24.3 Å². The van der Waals surface area contributed by atoms with Crippen molar-refractivity contribution in [2.75, 3.05) is 12.4 Å². The van der Waals surface area contributed by atoms with Crippen LogP contribution in [0.2, 0.25) is 0 Å². The van der Waals surface area contributed by atoms with Crippen LogP contribution in [0.15, 0.2) is 53.9 Å². The van der Waals surface area contributed by atoms with Crippen molar-refractivity contribution in [3.8, 4) is 11.4 Å². The number of methoxy groups -OCH3 is 1. The Labute approximate surface area is 181 Å². The van der Waals surface area contributed by atoms with Crippen LogP contribution in [0, 0.1) is 17.0 Å². The molecule has 0 fully saturated rings. The van der Waals surface area contributed by atoms with Gasteiger partial charge in [-0.3, -0.25) is 10.1 Å². The molecular formula is C22H18N4O4S. The molecule has 0 spiro atoms. The number of nitrogens with zero attached hydrogens (tertiary/aromatic N) is 3. The van der Waals surface area contributed by atoms with Gasteiger partial charge in [-0.25, -0.2) is 14.8 Å². The molecule has 8 nitrogen and oxygen atoms in total. The Morgan fingerprint density at radius 2 is 1.97 bits per heavy atom. The Balaban J connectivity index is 1.68. The fourth-order valence-electron chi connectivity index (χ4n) is 3.18. The number of nitro benzene ring substituents is 1. The van der Waals surface area contributed by atoms with Gasteiger partial charge in [0.15, 0.2) is 5.82 Å². The number of rotatable bonds is 6. The Morgan fingerprint density at radius 1 is 1.19 bits per heavy atom. The third-order valence-corrected chi connectivity index (χ3v) is 5.75. The van der Waals surface area contributed by atoms with Crippen LogP contribution in [-0.2, 0) is 11.3 Å². The number of hydrogen-bond acceptors (Lipinski definition) is 8. The zero-order chi connectivity index (χ0) is 22.0. The topological polar surface area (TPSA) is 107 Å². The van der Waals surface area contributed by atoms with Crippen molar-refractivity contribution >= 4 is 39.0 Å². The number of nitro groups is 1. The van der Waals surface area contributed by atoms with Crippen LogP contribution in [-0.4, -0.2) is 28.0 Å². The van der Waals surface area contributed by atoms with Gasteiger partial charge >= 0.3 is 5.97 Å². The summed E-state index contributed by atoms with van der Waals surface area (Å²) < 4.78 is 4.74. The largest absolute Gasteiger partial charge is 0.465 e. The fraction of sp³-hybridized carbons (Fsp3) is 0.136. The summed E-state index contributed by atoms with van der Waals surface area (Å²) >= 11 is 1.52. The number of aryl methyl sites for hydroxylation is 1. The Morgan fingerprint density at radius 3 is 2.68 bits per heavy atom. The molecule has 2 aromatic carbocycles. The van der Waals surface area contributed by atoms with E-state index in [-0.39, 0.29) is 5.69 Å². The second-order valence-corrected chi connectivity index (χ2v) is 7.70. The monoisotopic (exact) mass is 434 g/mol. The third-order valence-electron chi connectivity index (χ3n) is 4.76. The average Bonchev–Trinajstić information content (AvgIpc) is 3.18. The Bertz CT molecular complexity index is 1280. The second-order valence-electron chi connectivity index (χ2n) is 6.84. The van der Waals surface area contributed by atoms with Gasteiger partial charge in [0.05, 0.1) is 23.0 Å². The van der Waals surface area contributed by atoms with Crippen molar-refractivity contribution in [3.05, 3.63) is 80.7 Å². The second kappa shape index (κ2) is 8.49. The molecule has 2 heterocycles. The molecule has 31 heavy (non-hydrogen) atoms. The molecule has 9 heteroatoms. The smallest absolute Gasteiger partial charge is 0.337 e. The standard InChI is InChI=1S/C22H18N4O4S/c1-13-12-31-21-18(13)20(23-11-14-4-3-5-17(10-14)26(28)29)24-19(25-21)15-6-8-16(9-7-15)22(27)30-2/h3-10,12H,11H2,1-2H3,(H,23,24,25). The molecule has 4 aromatic rings. The molecule has 0 aliphatic carbocycles. The van der Waals surface area contributed by atoms with Crippen LogP contribution in [0.3, 0.4) is 0 Å². The number of nitrogens with one attached hydrogen (secondary N) is 1. The van der Waals surface area contributed by atoms with Crippen molar-refractivity contribution in [2.45, 2.75) is 13.5 Å². The lowest BCUT2D eigenvalue weighted by molar-refractivity contribution is -0.384. The first-order valence-electron chi connectivity index (χ1n) is 9.38. The number of fused-ring (bicyclic) bond motifs is 1. The number of anilines is 1. The summed E-state index contributed by atoms with van der Waals surface area (Å²) in [7, 11) is 1.34. The predicted octanol–water partition coefficient (Wildman–Crippen LogP) is 4.97. The highest BCUT2D eigenvalue weighted by Crippen LogP contribution is 2.32. The molecule has 0 bridgehead atoms. The van der Waals surface area contributed by atoms with Crippen LogP contribution in [0.5, 0.6) is 0 Å². The lowest BCUT2D eigenvalue weighted by Gasteiger charge is -2.10. The number of hydrogen-bond donors (Lipinski definition) is 1. The van der Waals surface area contributed by atoms with E-state index in [4.69, 9.17) is 9.72 Å². The van der Waals surface area contributed by atoms with Gasteiger partial charge in [0.25, 0.3) is 5.69 Å². The molecule has 0 aliphatic rings. The molecule has 0 amide bonds. The van der Waals surface area contributed by atoms with Crippen LogP contribution < -0.4 is 5.32 Å². The zero-order valence-electron chi connectivity index (χ0n) is 16.8. The maximum atomic E-state index is 11.7. The van der Waals surface area contributed by atoms with E-state index in [9.17, 15) is 14.9 Å². The maximum absolute atomic E-state index is 11.7. The quantitative estimate of drug-likeness (QED) is 0.259. The summed E-state index contributed by atoms with van der Waals surface area (Å²) in [6.45, 7) is 2.37. The van der Waals surface area contributed by atoms with Gasteiger partial charge in [0.1, 0.15) is 10.6 Å². The van der Waals surface area contributed by atoms with Gasteiger partial charge < -0.3 is 10.1 Å². The van der Waals surface area contributed by atoms with Gasteiger partial charge in [0.2, 0.25) is 0 Å². The van der Waals surface area contributed by atoms with Crippen molar-refractivity contribution in [1.29, 1.82) is 0 Å². The average molecular weight is 434 g/mol. The van der Waals surface area contributed by atoms with Gasteiger partial charge in [0, 0.05) is 24.2 Å². The van der Waals surface area contributed by atoms with Crippen LogP contribution in [0.4, 0.5) is 11.5 Å².